The van der Waals surface area contributed by atoms with E-state index in [2.05, 4.69) is 20.6 Å². The third-order valence-electron chi connectivity index (χ3n) is 2.44. The van der Waals surface area contributed by atoms with Crippen LogP contribution in [0.2, 0.25) is 0 Å². The molecule has 3 amide bonds. The van der Waals surface area contributed by atoms with Crippen LogP contribution in [0.1, 0.15) is 18.7 Å². The van der Waals surface area contributed by atoms with Gasteiger partial charge in [-0.25, -0.2) is 14.6 Å². The average molecular weight is 283 g/mol. The molecule has 0 saturated heterocycles. The summed E-state index contributed by atoms with van der Waals surface area (Å²) >= 11 is 0. The molecule has 1 heterocycles. The van der Waals surface area contributed by atoms with E-state index in [1.165, 1.54) is 0 Å². The molecule has 9 nitrogen and oxygen atoms in total. The normalized spacial score (nSPS) is 11.6. The largest absolute Gasteiger partial charge is 0.480 e. The molecule has 0 aliphatic rings. The van der Waals surface area contributed by atoms with Gasteiger partial charge in [-0.15, -0.1) is 0 Å². The van der Waals surface area contributed by atoms with Gasteiger partial charge in [0.05, 0.1) is 6.42 Å². The zero-order valence-electron chi connectivity index (χ0n) is 10.8. The van der Waals surface area contributed by atoms with Crippen LogP contribution >= 0.6 is 0 Å². The number of hydrogen-bond donors (Lipinski definition) is 5. The van der Waals surface area contributed by atoms with E-state index < -0.39 is 30.4 Å². The monoisotopic (exact) mass is 283 g/mol. The number of H-pyrrole nitrogens is 1. The fraction of sp³-hybridized carbons (Fsp3) is 0.455. The van der Waals surface area contributed by atoms with Gasteiger partial charge < -0.3 is 26.5 Å². The summed E-state index contributed by atoms with van der Waals surface area (Å²) in [6, 6.07) is -1.98. The molecule has 1 rings (SSSR count). The molecule has 0 unspecified atom stereocenters. The summed E-state index contributed by atoms with van der Waals surface area (Å²) in [5.41, 5.74) is 4.90. The lowest BCUT2D eigenvalue weighted by Gasteiger charge is -2.13. The maximum atomic E-state index is 11.4. The van der Waals surface area contributed by atoms with Gasteiger partial charge >= 0.3 is 12.0 Å². The van der Waals surface area contributed by atoms with Gasteiger partial charge in [-0.1, -0.05) is 0 Å². The summed E-state index contributed by atoms with van der Waals surface area (Å²) in [6.45, 7) is 0.357. The molecule has 0 radical (unpaired) electrons. The van der Waals surface area contributed by atoms with Crippen molar-refractivity contribution in [3.8, 4) is 0 Å². The number of nitrogens with zero attached hydrogens (tertiary/aromatic N) is 1. The zero-order valence-corrected chi connectivity index (χ0v) is 10.8. The van der Waals surface area contributed by atoms with Crippen molar-refractivity contribution < 1.29 is 19.5 Å². The van der Waals surface area contributed by atoms with Crippen molar-refractivity contribution in [3.63, 3.8) is 0 Å². The highest BCUT2D eigenvalue weighted by Crippen LogP contribution is 1.94. The zero-order chi connectivity index (χ0) is 15.0. The van der Waals surface area contributed by atoms with Crippen LogP contribution in [0.5, 0.6) is 0 Å². The highest BCUT2D eigenvalue weighted by molar-refractivity contribution is 5.87. The first-order chi connectivity index (χ1) is 9.49. The van der Waals surface area contributed by atoms with Gasteiger partial charge in [0.2, 0.25) is 5.91 Å². The Balaban J connectivity index is 2.24. The van der Waals surface area contributed by atoms with E-state index in [-0.39, 0.29) is 0 Å². The minimum atomic E-state index is -1.32. The number of nitrogens with two attached hydrogens (primary N) is 1. The standard InChI is InChI=1S/C11H17N5O4/c12-8(17)6-7(10(18)19)16-11(20)15-3-1-2-9-13-4-5-14-9/h4-5,7H,1-3,6H2,(H2,12,17)(H,13,14)(H,18,19)(H2,15,16,20)/t7-/m0/s1. The van der Waals surface area contributed by atoms with Gasteiger partial charge in [-0.3, -0.25) is 4.79 Å². The minimum absolute atomic E-state index is 0.357. The molecule has 0 bridgehead atoms. The molecule has 0 fully saturated rings. The van der Waals surface area contributed by atoms with Crippen molar-refractivity contribution in [1.82, 2.24) is 20.6 Å². The van der Waals surface area contributed by atoms with Gasteiger partial charge in [-0.2, -0.15) is 0 Å². The summed E-state index contributed by atoms with van der Waals surface area (Å²) in [5, 5.41) is 13.5. The van der Waals surface area contributed by atoms with Crippen LogP contribution < -0.4 is 16.4 Å². The van der Waals surface area contributed by atoms with E-state index in [9.17, 15) is 14.4 Å². The number of aryl methyl sites for hydroxylation is 1. The molecular weight excluding hydrogens is 266 g/mol. The predicted octanol–water partition coefficient (Wildman–Crippen LogP) is -1.03. The first kappa shape index (κ1) is 15.5. The van der Waals surface area contributed by atoms with Gasteiger partial charge in [0.15, 0.2) is 0 Å². The van der Waals surface area contributed by atoms with Gasteiger partial charge in [0.25, 0.3) is 0 Å². The summed E-state index contributed by atoms with van der Waals surface area (Å²) < 4.78 is 0. The molecule has 0 aromatic carbocycles. The molecule has 0 spiro atoms. The molecule has 0 aliphatic heterocycles. The number of carboxylic acid groups (broad SMARTS) is 1. The van der Waals surface area contributed by atoms with Gasteiger partial charge in [-0.05, 0) is 6.42 Å². The maximum Gasteiger partial charge on any atom is 0.326 e. The molecule has 1 aromatic rings. The number of aliphatic carboxylic acids is 1. The first-order valence-electron chi connectivity index (χ1n) is 6.02. The van der Waals surface area contributed by atoms with Crippen molar-refractivity contribution >= 4 is 17.9 Å². The molecular formula is C11H17N5O4. The summed E-state index contributed by atoms with van der Waals surface area (Å²) in [6.07, 6.45) is 4.20. The molecule has 20 heavy (non-hydrogen) atoms. The molecule has 110 valence electrons. The topological polar surface area (TPSA) is 150 Å². The molecule has 6 N–H and O–H groups in total. The van der Waals surface area contributed by atoms with Crippen molar-refractivity contribution in [2.24, 2.45) is 5.73 Å². The number of primary amides is 1. The highest BCUT2D eigenvalue weighted by atomic mass is 16.4. The number of carboxylic acids is 1. The van der Waals surface area contributed by atoms with E-state index in [1.807, 2.05) is 0 Å². The van der Waals surface area contributed by atoms with Gasteiger partial charge in [0.1, 0.15) is 11.9 Å². The van der Waals surface area contributed by atoms with Crippen LogP contribution in [0.25, 0.3) is 0 Å². The number of carbonyl (C=O) groups excluding carboxylic acids is 2. The lowest BCUT2D eigenvalue weighted by Crippen LogP contribution is -2.47. The Morgan fingerprint density at radius 3 is 2.75 bits per heavy atom. The number of nitrogens with one attached hydrogen (secondary N) is 3. The SMILES string of the molecule is NC(=O)C[C@H](NC(=O)NCCCc1ncc[nH]1)C(=O)O. The van der Waals surface area contributed by atoms with E-state index in [0.717, 1.165) is 5.82 Å². The number of amides is 3. The minimum Gasteiger partial charge on any atom is -0.480 e. The molecule has 9 heteroatoms. The predicted molar refractivity (Wildman–Crippen MR) is 68.7 cm³/mol. The van der Waals surface area contributed by atoms with Crippen molar-refractivity contribution in [3.05, 3.63) is 18.2 Å². The second-order valence-electron chi connectivity index (χ2n) is 4.10. The highest BCUT2D eigenvalue weighted by Gasteiger charge is 2.21. The van der Waals surface area contributed by atoms with Crippen molar-refractivity contribution in [1.29, 1.82) is 0 Å². The number of urea groups is 1. The van der Waals surface area contributed by atoms with Crippen LogP contribution in [-0.4, -0.2) is 45.6 Å². The quantitative estimate of drug-likeness (QED) is 0.386. The Kier molecular flexibility index (Phi) is 6.01. The van der Waals surface area contributed by atoms with Crippen LogP contribution in [0.3, 0.4) is 0 Å². The third-order valence-corrected chi connectivity index (χ3v) is 2.44. The maximum absolute atomic E-state index is 11.4. The fourth-order valence-electron chi connectivity index (χ4n) is 1.50. The Morgan fingerprint density at radius 1 is 1.45 bits per heavy atom. The molecule has 0 saturated carbocycles. The Hall–Kier alpha value is -2.58. The van der Waals surface area contributed by atoms with E-state index in [4.69, 9.17) is 10.8 Å². The Bertz CT molecular complexity index is 459. The molecule has 1 atom stereocenters. The van der Waals surface area contributed by atoms with E-state index in [1.54, 1.807) is 12.4 Å². The summed E-state index contributed by atoms with van der Waals surface area (Å²) in [5.74, 6) is -1.30. The lowest BCUT2D eigenvalue weighted by molar-refractivity contribution is -0.140. The van der Waals surface area contributed by atoms with E-state index in [0.29, 0.717) is 19.4 Å². The number of imidazole rings is 1. The summed E-state index contributed by atoms with van der Waals surface area (Å²) in [4.78, 5) is 39.8. The second-order valence-corrected chi connectivity index (χ2v) is 4.10. The number of aromatic nitrogens is 2. The van der Waals surface area contributed by atoms with Crippen molar-refractivity contribution in [2.75, 3.05) is 6.54 Å². The summed E-state index contributed by atoms with van der Waals surface area (Å²) in [7, 11) is 0. The number of aromatic amines is 1. The van der Waals surface area contributed by atoms with Crippen LogP contribution in [0.15, 0.2) is 12.4 Å². The Morgan fingerprint density at radius 2 is 2.20 bits per heavy atom. The Labute approximate surface area is 114 Å². The van der Waals surface area contributed by atoms with Gasteiger partial charge in [0, 0.05) is 25.4 Å². The number of carbonyl (C=O) groups is 3. The average Bonchev–Trinajstić information content (AvgIpc) is 2.86. The van der Waals surface area contributed by atoms with E-state index >= 15 is 0 Å². The number of rotatable bonds is 8. The fourth-order valence-corrected chi connectivity index (χ4v) is 1.50. The molecule has 1 aromatic heterocycles. The third kappa shape index (κ3) is 5.85. The molecule has 0 aliphatic carbocycles. The van der Waals surface area contributed by atoms with Crippen LogP contribution in [-0.2, 0) is 16.0 Å². The lowest BCUT2D eigenvalue weighted by atomic mass is 10.2. The van der Waals surface area contributed by atoms with Crippen molar-refractivity contribution in [2.45, 2.75) is 25.3 Å². The first-order valence-corrected chi connectivity index (χ1v) is 6.02. The van der Waals surface area contributed by atoms with Crippen LogP contribution in [0.4, 0.5) is 4.79 Å². The number of hydrogen-bond acceptors (Lipinski definition) is 4. The van der Waals surface area contributed by atoms with Crippen LogP contribution in [0, 0.1) is 0 Å². The smallest absolute Gasteiger partial charge is 0.326 e. The second kappa shape index (κ2) is 7.77.